The van der Waals surface area contributed by atoms with Crippen LogP contribution in [0.3, 0.4) is 0 Å². The molecule has 1 heterocycles. The Kier molecular flexibility index (Phi) is 4.77. The number of benzene rings is 3. The molecule has 0 aliphatic carbocycles. The van der Waals surface area contributed by atoms with Gasteiger partial charge in [0.1, 0.15) is 5.84 Å². The summed E-state index contributed by atoms with van der Waals surface area (Å²) in [6, 6.07) is 22.5. The van der Waals surface area contributed by atoms with Crippen LogP contribution >= 0.6 is 0 Å². The number of H-pyrrole nitrogens is 1. The van der Waals surface area contributed by atoms with Gasteiger partial charge < -0.3 is 5.32 Å². The van der Waals surface area contributed by atoms with Crippen molar-refractivity contribution in [2.45, 2.75) is 13.8 Å². The number of aryl methyl sites for hydroxylation is 2. The average Bonchev–Trinajstić information content (AvgIpc) is 3.16. The molecule has 0 radical (unpaired) electrons. The second-order valence-corrected chi connectivity index (χ2v) is 6.89. The third-order valence-electron chi connectivity index (χ3n) is 4.70. The van der Waals surface area contributed by atoms with E-state index in [0.29, 0.717) is 0 Å². The van der Waals surface area contributed by atoms with E-state index in [2.05, 4.69) is 66.3 Å². The number of aromatic nitrogens is 2. The molecule has 0 saturated carbocycles. The van der Waals surface area contributed by atoms with Crippen LogP contribution in [0.5, 0.6) is 0 Å². The molecule has 4 rings (SSSR count). The Hall–Kier alpha value is -3.66. The molecule has 0 aliphatic rings. The van der Waals surface area contributed by atoms with Gasteiger partial charge in [-0.2, -0.15) is 5.10 Å². The van der Waals surface area contributed by atoms with Crippen molar-refractivity contribution >= 4 is 28.1 Å². The smallest absolute Gasteiger partial charge is 0.138 e. The molecule has 0 fully saturated rings. The minimum absolute atomic E-state index is 0.721. The first-order valence-corrected chi connectivity index (χ1v) is 9.21. The first-order valence-electron chi connectivity index (χ1n) is 9.21. The third-order valence-corrected chi connectivity index (χ3v) is 4.70. The monoisotopic (exact) mass is 366 g/mol. The highest BCUT2D eigenvalue weighted by molar-refractivity contribution is 6.11. The highest BCUT2D eigenvalue weighted by Gasteiger charge is 2.10. The van der Waals surface area contributed by atoms with E-state index in [1.165, 1.54) is 5.56 Å². The molecule has 0 atom stereocenters. The molecule has 4 aromatic rings. The second-order valence-electron chi connectivity index (χ2n) is 6.89. The Balaban J connectivity index is 1.75. The minimum atomic E-state index is 0.721. The van der Waals surface area contributed by atoms with E-state index < -0.39 is 0 Å². The van der Waals surface area contributed by atoms with Crippen molar-refractivity contribution in [1.82, 2.24) is 10.2 Å². The number of aromatic amines is 1. The molecule has 2 N–H and O–H groups in total. The number of fused-ring (bicyclic) bond motifs is 1. The molecule has 1 aromatic heterocycles. The number of nitrogens with one attached hydrogen (secondary N) is 2. The second kappa shape index (κ2) is 7.53. The van der Waals surface area contributed by atoms with Crippen molar-refractivity contribution in [3.63, 3.8) is 0 Å². The van der Waals surface area contributed by atoms with Gasteiger partial charge in [-0.15, -0.1) is 0 Å². The third kappa shape index (κ3) is 3.71. The van der Waals surface area contributed by atoms with Gasteiger partial charge in [0.2, 0.25) is 0 Å². The fourth-order valence-corrected chi connectivity index (χ4v) is 3.18. The molecule has 0 saturated heterocycles. The van der Waals surface area contributed by atoms with Crippen LogP contribution in [0.4, 0.5) is 5.69 Å². The zero-order chi connectivity index (χ0) is 19.5. The van der Waals surface area contributed by atoms with Crippen LogP contribution < -0.4 is 5.32 Å². The van der Waals surface area contributed by atoms with Crippen molar-refractivity contribution < 1.29 is 0 Å². The van der Waals surface area contributed by atoms with Gasteiger partial charge >= 0.3 is 0 Å². The van der Waals surface area contributed by atoms with Crippen molar-refractivity contribution in [1.29, 1.82) is 0 Å². The summed E-state index contributed by atoms with van der Waals surface area (Å²) in [5.74, 6) is 0.771. The maximum atomic E-state index is 4.87. The van der Waals surface area contributed by atoms with Crippen molar-refractivity contribution in [2.24, 2.45) is 4.99 Å². The summed E-state index contributed by atoms with van der Waals surface area (Å²) in [6.07, 6.45) is 1.82. The Morgan fingerprint density at radius 2 is 1.86 bits per heavy atom. The molecular formula is C24H22N4. The quantitative estimate of drug-likeness (QED) is 0.359. The van der Waals surface area contributed by atoms with Gasteiger partial charge in [-0.3, -0.25) is 5.10 Å². The summed E-state index contributed by atoms with van der Waals surface area (Å²) < 4.78 is 0. The van der Waals surface area contributed by atoms with Crippen LogP contribution in [0, 0.1) is 13.8 Å². The number of aliphatic imine (C=N–C) groups is 1. The summed E-state index contributed by atoms with van der Waals surface area (Å²) in [7, 11) is 0. The van der Waals surface area contributed by atoms with Crippen molar-refractivity contribution in [2.75, 3.05) is 5.32 Å². The van der Waals surface area contributed by atoms with E-state index >= 15 is 0 Å². The molecule has 4 heteroatoms. The fraction of sp³-hybridized carbons (Fsp3) is 0.0833. The summed E-state index contributed by atoms with van der Waals surface area (Å²) in [4.78, 5) is 4.87. The predicted octanol–water partition coefficient (Wildman–Crippen LogP) is 5.71. The largest absolute Gasteiger partial charge is 0.340 e. The molecule has 28 heavy (non-hydrogen) atoms. The fourth-order valence-electron chi connectivity index (χ4n) is 3.18. The molecule has 0 bridgehead atoms. The topological polar surface area (TPSA) is 53.1 Å². The summed E-state index contributed by atoms with van der Waals surface area (Å²) >= 11 is 0. The van der Waals surface area contributed by atoms with Crippen LogP contribution in [0.25, 0.3) is 16.6 Å². The maximum absolute atomic E-state index is 4.87. The van der Waals surface area contributed by atoms with Gasteiger partial charge in [0.15, 0.2) is 0 Å². The van der Waals surface area contributed by atoms with E-state index in [4.69, 9.17) is 4.99 Å². The van der Waals surface area contributed by atoms with Gasteiger partial charge in [0, 0.05) is 16.6 Å². The molecule has 0 amide bonds. The van der Waals surface area contributed by atoms with E-state index in [-0.39, 0.29) is 0 Å². The summed E-state index contributed by atoms with van der Waals surface area (Å²) in [5.41, 5.74) is 7.07. The Bertz CT molecular complexity index is 1180. The SMILES string of the molecule is C=C(N=C(Nc1ccc2[nH]ncc2c1)c1ccccc1C)c1cccc(C)c1. The first-order chi connectivity index (χ1) is 13.6. The summed E-state index contributed by atoms with van der Waals surface area (Å²) in [5, 5.41) is 11.6. The normalized spacial score (nSPS) is 11.6. The highest BCUT2D eigenvalue weighted by Crippen LogP contribution is 2.21. The molecule has 0 aliphatic heterocycles. The van der Waals surface area contributed by atoms with Crippen LogP contribution in [-0.4, -0.2) is 16.0 Å². The van der Waals surface area contributed by atoms with Crippen LogP contribution in [-0.2, 0) is 0 Å². The number of amidine groups is 1. The maximum Gasteiger partial charge on any atom is 0.138 e. The molecule has 0 unspecified atom stereocenters. The van der Waals surface area contributed by atoms with E-state index in [1.807, 2.05) is 42.6 Å². The highest BCUT2D eigenvalue weighted by atomic mass is 15.1. The first kappa shape index (κ1) is 17.7. The lowest BCUT2D eigenvalue weighted by molar-refractivity contribution is 1.12. The lowest BCUT2D eigenvalue weighted by atomic mass is 10.1. The minimum Gasteiger partial charge on any atom is -0.340 e. The molecule has 138 valence electrons. The lowest BCUT2D eigenvalue weighted by Gasteiger charge is -2.14. The molecular weight excluding hydrogens is 344 g/mol. The van der Waals surface area contributed by atoms with E-state index in [9.17, 15) is 0 Å². The van der Waals surface area contributed by atoms with Gasteiger partial charge in [-0.05, 0) is 49.2 Å². The van der Waals surface area contributed by atoms with Crippen molar-refractivity contribution in [3.05, 3.63) is 102 Å². The number of hydrogen-bond acceptors (Lipinski definition) is 2. The molecule has 3 aromatic carbocycles. The zero-order valence-corrected chi connectivity index (χ0v) is 16.0. The molecule has 0 spiro atoms. The van der Waals surface area contributed by atoms with Gasteiger partial charge in [0.05, 0.1) is 17.4 Å². The zero-order valence-electron chi connectivity index (χ0n) is 16.0. The number of hydrogen-bond donors (Lipinski definition) is 2. The van der Waals surface area contributed by atoms with Crippen LogP contribution in [0.15, 0.2) is 84.5 Å². The van der Waals surface area contributed by atoms with Gasteiger partial charge in [-0.1, -0.05) is 54.6 Å². The van der Waals surface area contributed by atoms with Crippen LogP contribution in [0.2, 0.25) is 0 Å². The van der Waals surface area contributed by atoms with E-state index in [1.54, 1.807) is 0 Å². The average molecular weight is 366 g/mol. The molecule has 4 nitrogen and oxygen atoms in total. The standard InChI is InChI=1S/C24H22N4/c1-16-7-6-9-19(13-16)18(3)26-24(22-10-5-4-8-17(22)2)27-21-11-12-23-20(14-21)15-25-28-23/h4-15H,3H2,1-2H3,(H,25,28)(H,26,27). The van der Waals surface area contributed by atoms with E-state index in [0.717, 1.165) is 44.8 Å². The van der Waals surface area contributed by atoms with Crippen LogP contribution in [0.1, 0.15) is 22.3 Å². The number of nitrogens with zero attached hydrogens (tertiary/aromatic N) is 2. The van der Waals surface area contributed by atoms with Crippen molar-refractivity contribution in [3.8, 4) is 0 Å². The Morgan fingerprint density at radius 3 is 2.68 bits per heavy atom. The predicted molar refractivity (Wildman–Crippen MR) is 118 cm³/mol. The number of rotatable bonds is 4. The van der Waals surface area contributed by atoms with Gasteiger partial charge in [0.25, 0.3) is 0 Å². The number of anilines is 1. The Morgan fingerprint density at radius 1 is 1.00 bits per heavy atom. The Labute approximate surface area is 164 Å². The summed E-state index contributed by atoms with van der Waals surface area (Å²) in [6.45, 7) is 8.36. The van der Waals surface area contributed by atoms with Gasteiger partial charge in [-0.25, -0.2) is 4.99 Å². The lowest BCUT2D eigenvalue weighted by Crippen LogP contribution is -2.15.